The average molecular weight is 277 g/mol. The van der Waals surface area contributed by atoms with E-state index in [4.69, 9.17) is 10.5 Å². The molecule has 1 aliphatic heterocycles. The van der Waals surface area contributed by atoms with Crippen LogP contribution in [0.4, 0.5) is 5.82 Å². The van der Waals surface area contributed by atoms with Gasteiger partial charge in [0.25, 0.3) is 0 Å². The molecule has 110 valence electrons. The number of aliphatic imine (C=N–C) groups is 1. The number of rotatable bonds is 4. The molecule has 0 spiro atoms. The molecule has 1 aromatic heterocycles. The molecule has 0 unspecified atom stereocenters. The summed E-state index contributed by atoms with van der Waals surface area (Å²) in [5.74, 6) is 1.11. The van der Waals surface area contributed by atoms with Crippen LogP contribution in [0.1, 0.15) is 13.8 Å². The van der Waals surface area contributed by atoms with E-state index in [-0.39, 0.29) is 5.60 Å². The van der Waals surface area contributed by atoms with Gasteiger partial charge in [-0.05, 0) is 26.0 Å². The third-order valence-corrected chi connectivity index (χ3v) is 3.12. The Morgan fingerprint density at radius 3 is 3.10 bits per heavy atom. The number of ether oxygens (including phenoxy) is 1. The van der Waals surface area contributed by atoms with E-state index in [2.05, 4.69) is 34.0 Å². The molecule has 2 rings (SSSR count). The van der Waals surface area contributed by atoms with Gasteiger partial charge < -0.3 is 15.8 Å². The van der Waals surface area contributed by atoms with Crippen molar-refractivity contribution in [2.24, 2.45) is 10.7 Å². The van der Waals surface area contributed by atoms with Gasteiger partial charge in [0.05, 0.1) is 18.8 Å². The van der Waals surface area contributed by atoms with Gasteiger partial charge in [-0.3, -0.25) is 9.89 Å². The highest BCUT2D eigenvalue weighted by Crippen LogP contribution is 2.15. The first kappa shape index (κ1) is 14.7. The first-order valence-electron chi connectivity index (χ1n) is 6.89. The maximum absolute atomic E-state index is 5.83. The van der Waals surface area contributed by atoms with Crippen molar-refractivity contribution >= 4 is 11.8 Å². The van der Waals surface area contributed by atoms with Crippen molar-refractivity contribution in [3.05, 3.63) is 24.4 Å². The lowest BCUT2D eigenvalue weighted by molar-refractivity contribution is -0.0850. The fourth-order valence-electron chi connectivity index (χ4n) is 2.22. The lowest BCUT2D eigenvalue weighted by Gasteiger charge is -2.37. The summed E-state index contributed by atoms with van der Waals surface area (Å²) in [5.41, 5.74) is 5.76. The highest BCUT2D eigenvalue weighted by atomic mass is 16.5. The predicted molar refractivity (Wildman–Crippen MR) is 80.8 cm³/mol. The third kappa shape index (κ3) is 4.79. The van der Waals surface area contributed by atoms with Crippen molar-refractivity contribution in [3.8, 4) is 0 Å². The summed E-state index contributed by atoms with van der Waals surface area (Å²) in [6.45, 7) is 8.43. The van der Waals surface area contributed by atoms with E-state index in [9.17, 15) is 0 Å². The van der Waals surface area contributed by atoms with Gasteiger partial charge in [0.1, 0.15) is 5.82 Å². The largest absolute Gasteiger partial charge is 0.373 e. The zero-order chi connectivity index (χ0) is 14.4. The molecule has 1 aromatic rings. The number of morpholine rings is 1. The van der Waals surface area contributed by atoms with Gasteiger partial charge in [-0.15, -0.1) is 0 Å². The van der Waals surface area contributed by atoms with E-state index in [1.54, 1.807) is 6.20 Å². The summed E-state index contributed by atoms with van der Waals surface area (Å²) >= 11 is 0. The Balaban J connectivity index is 1.75. The Morgan fingerprint density at radius 1 is 1.55 bits per heavy atom. The first-order chi connectivity index (χ1) is 9.55. The maximum Gasteiger partial charge on any atom is 0.194 e. The maximum atomic E-state index is 5.83. The van der Waals surface area contributed by atoms with Crippen LogP contribution in [0, 0.1) is 0 Å². The highest BCUT2D eigenvalue weighted by Gasteiger charge is 2.26. The quantitative estimate of drug-likeness (QED) is 0.632. The van der Waals surface area contributed by atoms with Crippen LogP contribution in [0.25, 0.3) is 0 Å². The topological polar surface area (TPSA) is 75.8 Å². The summed E-state index contributed by atoms with van der Waals surface area (Å²) in [4.78, 5) is 10.8. The highest BCUT2D eigenvalue weighted by molar-refractivity contribution is 5.91. The monoisotopic (exact) mass is 277 g/mol. The molecule has 0 aliphatic carbocycles. The Bertz CT molecular complexity index is 446. The van der Waals surface area contributed by atoms with Crippen LogP contribution in [0.3, 0.4) is 0 Å². The van der Waals surface area contributed by atoms with Crippen LogP contribution in [-0.4, -0.2) is 54.2 Å². The molecule has 0 atom stereocenters. The van der Waals surface area contributed by atoms with E-state index >= 15 is 0 Å². The molecule has 6 heteroatoms. The van der Waals surface area contributed by atoms with Crippen molar-refractivity contribution in [2.45, 2.75) is 19.4 Å². The first-order valence-corrected chi connectivity index (χ1v) is 6.89. The predicted octanol–water partition coefficient (Wildman–Crippen LogP) is 0.919. The minimum Gasteiger partial charge on any atom is -0.373 e. The van der Waals surface area contributed by atoms with E-state index < -0.39 is 0 Å². The molecule has 1 fully saturated rings. The second-order valence-electron chi connectivity index (χ2n) is 5.49. The summed E-state index contributed by atoms with van der Waals surface area (Å²) in [6, 6.07) is 5.62. The molecule has 0 bridgehead atoms. The van der Waals surface area contributed by atoms with Gasteiger partial charge in [-0.25, -0.2) is 4.98 Å². The Hall–Kier alpha value is -1.66. The van der Waals surface area contributed by atoms with Crippen LogP contribution in [-0.2, 0) is 4.74 Å². The molecule has 2 heterocycles. The number of aromatic nitrogens is 1. The van der Waals surface area contributed by atoms with Gasteiger partial charge in [0, 0.05) is 25.8 Å². The fraction of sp³-hybridized carbons (Fsp3) is 0.571. The Morgan fingerprint density at radius 2 is 2.40 bits per heavy atom. The normalized spacial score (nSPS) is 19.8. The number of nitrogens with zero attached hydrogens (tertiary/aromatic N) is 3. The number of pyridine rings is 1. The lowest BCUT2D eigenvalue weighted by Crippen LogP contribution is -2.49. The summed E-state index contributed by atoms with van der Waals surface area (Å²) in [6.07, 6.45) is 1.71. The van der Waals surface area contributed by atoms with Crippen molar-refractivity contribution in [1.82, 2.24) is 9.88 Å². The standard InChI is InChI=1S/C14H23N5O/c1-14(2)11-19(9-10-20-14)8-7-17-13(15)18-12-5-3-4-6-16-12/h3-6H,7-11H2,1-2H3,(H3,15,16,17,18). The molecule has 0 radical (unpaired) electrons. The summed E-state index contributed by atoms with van der Waals surface area (Å²) in [7, 11) is 0. The molecule has 1 aliphatic rings. The zero-order valence-corrected chi connectivity index (χ0v) is 12.2. The van der Waals surface area contributed by atoms with Crippen molar-refractivity contribution in [3.63, 3.8) is 0 Å². The number of hydrogen-bond donors (Lipinski definition) is 2. The second kappa shape index (κ2) is 6.67. The van der Waals surface area contributed by atoms with Gasteiger partial charge in [0.15, 0.2) is 5.96 Å². The van der Waals surface area contributed by atoms with Crippen LogP contribution < -0.4 is 11.1 Å². The Kier molecular flexibility index (Phi) is 4.92. The minimum absolute atomic E-state index is 0.0697. The molecule has 1 saturated heterocycles. The molecule has 0 amide bonds. The molecule has 0 aromatic carbocycles. The Labute approximate surface area is 120 Å². The van der Waals surface area contributed by atoms with Crippen molar-refractivity contribution in [2.75, 3.05) is 38.1 Å². The zero-order valence-electron chi connectivity index (χ0n) is 12.2. The SMILES string of the molecule is CC1(C)CN(CCN=C(N)Nc2ccccn2)CCO1. The number of nitrogens with one attached hydrogen (secondary N) is 1. The molecule has 0 saturated carbocycles. The lowest BCUT2D eigenvalue weighted by atomic mass is 10.1. The van der Waals surface area contributed by atoms with Crippen molar-refractivity contribution < 1.29 is 4.74 Å². The van der Waals surface area contributed by atoms with E-state index in [1.165, 1.54) is 0 Å². The van der Waals surface area contributed by atoms with Crippen LogP contribution in [0.2, 0.25) is 0 Å². The minimum atomic E-state index is -0.0697. The van der Waals surface area contributed by atoms with Crippen LogP contribution in [0.15, 0.2) is 29.4 Å². The average Bonchev–Trinajstić information content (AvgIpc) is 2.38. The van der Waals surface area contributed by atoms with E-state index in [0.717, 1.165) is 26.2 Å². The summed E-state index contributed by atoms with van der Waals surface area (Å²) < 4.78 is 5.68. The van der Waals surface area contributed by atoms with E-state index in [0.29, 0.717) is 18.3 Å². The van der Waals surface area contributed by atoms with E-state index in [1.807, 2.05) is 18.2 Å². The van der Waals surface area contributed by atoms with Gasteiger partial charge in [0.2, 0.25) is 0 Å². The number of anilines is 1. The van der Waals surface area contributed by atoms with Crippen molar-refractivity contribution in [1.29, 1.82) is 0 Å². The van der Waals surface area contributed by atoms with Gasteiger partial charge in [-0.2, -0.15) is 0 Å². The number of nitrogens with two attached hydrogens (primary N) is 1. The van der Waals surface area contributed by atoms with Crippen LogP contribution in [0.5, 0.6) is 0 Å². The number of hydrogen-bond acceptors (Lipinski definition) is 4. The molecular formula is C14H23N5O. The van der Waals surface area contributed by atoms with Crippen LogP contribution >= 0.6 is 0 Å². The van der Waals surface area contributed by atoms with Gasteiger partial charge >= 0.3 is 0 Å². The molecule has 20 heavy (non-hydrogen) atoms. The smallest absolute Gasteiger partial charge is 0.194 e. The van der Waals surface area contributed by atoms with Gasteiger partial charge in [-0.1, -0.05) is 6.07 Å². The molecule has 3 N–H and O–H groups in total. The second-order valence-corrected chi connectivity index (χ2v) is 5.49. The third-order valence-electron chi connectivity index (χ3n) is 3.12. The molecular weight excluding hydrogens is 254 g/mol. The fourth-order valence-corrected chi connectivity index (χ4v) is 2.22. The molecule has 6 nitrogen and oxygen atoms in total. The summed E-state index contributed by atoms with van der Waals surface area (Å²) in [5, 5.41) is 2.97. The number of guanidine groups is 1.